The quantitative estimate of drug-likeness (QED) is 0.836. The van der Waals surface area contributed by atoms with E-state index in [0.717, 1.165) is 18.9 Å². The molecule has 0 aromatic heterocycles. The van der Waals surface area contributed by atoms with E-state index in [0.29, 0.717) is 12.5 Å². The fraction of sp³-hybridized carbons (Fsp3) is 0.462. The average molecular weight is 272 g/mol. The third-order valence-electron chi connectivity index (χ3n) is 3.01. The zero-order valence-electron chi connectivity index (χ0n) is 10.1. The second kappa shape index (κ2) is 5.57. The van der Waals surface area contributed by atoms with E-state index in [2.05, 4.69) is 5.32 Å². The van der Waals surface area contributed by atoms with Crippen molar-refractivity contribution in [1.82, 2.24) is 5.32 Å². The Morgan fingerprint density at radius 1 is 1.61 bits per heavy atom. The average Bonchev–Trinajstić information content (AvgIpc) is 3.19. The van der Waals surface area contributed by atoms with Gasteiger partial charge in [0.1, 0.15) is 0 Å². The first-order valence-corrected chi connectivity index (χ1v) is 6.31. The molecular formula is C13H15ClFNO2. The van der Waals surface area contributed by atoms with E-state index < -0.39 is 5.82 Å². The Balaban J connectivity index is 1.93. The summed E-state index contributed by atoms with van der Waals surface area (Å²) < 4.78 is 18.2. The third-order valence-corrected chi connectivity index (χ3v) is 3.52. The summed E-state index contributed by atoms with van der Waals surface area (Å²) in [4.78, 5) is 11.8. The van der Waals surface area contributed by atoms with Crippen LogP contribution < -0.4 is 10.1 Å². The van der Waals surface area contributed by atoms with Crippen LogP contribution in [-0.2, 0) is 0 Å². The van der Waals surface area contributed by atoms with Gasteiger partial charge in [-0.15, -0.1) is 11.6 Å². The molecule has 1 amide bonds. The van der Waals surface area contributed by atoms with Crippen molar-refractivity contribution in [3.63, 3.8) is 0 Å². The molecule has 1 aromatic rings. The van der Waals surface area contributed by atoms with Crippen molar-refractivity contribution in [3.8, 4) is 5.75 Å². The van der Waals surface area contributed by atoms with Gasteiger partial charge in [0.05, 0.1) is 12.5 Å². The van der Waals surface area contributed by atoms with Gasteiger partial charge in [0, 0.05) is 12.1 Å². The van der Waals surface area contributed by atoms with Gasteiger partial charge in [0.15, 0.2) is 11.6 Å². The molecule has 0 radical (unpaired) electrons. The number of nitrogens with one attached hydrogen (secondary N) is 1. The number of alkyl halides is 1. The van der Waals surface area contributed by atoms with Crippen molar-refractivity contribution in [2.24, 2.45) is 5.92 Å². The molecule has 0 aliphatic heterocycles. The Kier molecular flexibility index (Phi) is 4.07. The largest absolute Gasteiger partial charge is 0.494 e. The Hall–Kier alpha value is -1.29. The smallest absolute Gasteiger partial charge is 0.251 e. The van der Waals surface area contributed by atoms with Crippen molar-refractivity contribution in [2.45, 2.75) is 18.2 Å². The molecule has 1 saturated carbocycles. The molecule has 0 bridgehead atoms. The molecule has 1 aliphatic carbocycles. The van der Waals surface area contributed by atoms with E-state index in [9.17, 15) is 9.18 Å². The van der Waals surface area contributed by atoms with E-state index >= 15 is 0 Å². The highest BCUT2D eigenvalue weighted by Gasteiger charge is 2.29. The minimum atomic E-state index is -0.547. The first kappa shape index (κ1) is 13.1. The predicted octanol–water partition coefficient (Wildman–Crippen LogP) is 2.58. The van der Waals surface area contributed by atoms with E-state index in [1.807, 2.05) is 0 Å². The minimum Gasteiger partial charge on any atom is -0.494 e. The van der Waals surface area contributed by atoms with Crippen LogP contribution in [-0.4, -0.2) is 24.9 Å². The molecule has 5 heteroatoms. The first-order valence-electron chi connectivity index (χ1n) is 5.87. The molecule has 1 fully saturated rings. The lowest BCUT2D eigenvalue weighted by Gasteiger charge is -2.10. The number of halogens is 2. The van der Waals surface area contributed by atoms with E-state index in [-0.39, 0.29) is 22.6 Å². The minimum absolute atomic E-state index is 0.0305. The zero-order valence-corrected chi connectivity index (χ0v) is 10.8. The maximum Gasteiger partial charge on any atom is 0.251 e. The number of amides is 1. The van der Waals surface area contributed by atoms with Gasteiger partial charge in [0.2, 0.25) is 0 Å². The lowest BCUT2D eigenvalue weighted by Crippen LogP contribution is -2.30. The van der Waals surface area contributed by atoms with Gasteiger partial charge in [-0.1, -0.05) is 0 Å². The summed E-state index contributed by atoms with van der Waals surface area (Å²) >= 11 is 6.08. The van der Waals surface area contributed by atoms with Gasteiger partial charge in [-0.3, -0.25) is 4.79 Å². The fourth-order valence-electron chi connectivity index (χ4n) is 1.72. The van der Waals surface area contributed by atoms with Crippen molar-refractivity contribution in [3.05, 3.63) is 29.6 Å². The zero-order chi connectivity index (χ0) is 13.1. The van der Waals surface area contributed by atoms with Crippen molar-refractivity contribution < 1.29 is 13.9 Å². The topological polar surface area (TPSA) is 38.3 Å². The number of benzene rings is 1. The lowest BCUT2D eigenvalue weighted by molar-refractivity contribution is 0.0952. The molecule has 98 valence electrons. The molecule has 1 aromatic carbocycles. The Morgan fingerprint density at radius 3 is 2.89 bits per heavy atom. The highest BCUT2D eigenvalue weighted by molar-refractivity contribution is 6.21. The van der Waals surface area contributed by atoms with Gasteiger partial charge in [0.25, 0.3) is 5.91 Å². The third kappa shape index (κ3) is 3.13. The number of ether oxygens (including phenoxy) is 1. The summed E-state index contributed by atoms with van der Waals surface area (Å²) in [5.74, 6) is -0.225. The van der Waals surface area contributed by atoms with Gasteiger partial charge in [-0.25, -0.2) is 4.39 Å². The number of hydrogen-bond acceptors (Lipinski definition) is 2. The van der Waals surface area contributed by atoms with Gasteiger partial charge in [-0.05, 0) is 37.0 Å². The molecule has 2 rings (SSSR count). The van der Waals surface area contributed by atoms with E-state index in [4.69, 9.17) is 16.3 Å². The van der Waals surface area contributed by atoms with Crippen LogP contribution in [0.3, 0.4) is 0 Å². The highest BCUT2D eigenvalue weighted by Crippen LogP contribution is 2.35. The van der Waals surface area contributed by atoms with Crippen LogP contribution in [0.25, 0.3) is 0 Å². The molecule has 0 heterocycles. The van der Waals surface area contributed by atoms with Crippen molar-refractivity contribution >= 4 is 17.5 Å². The summed E-state index contributed by atoms with van der Waals surface area (Å²) in [6, 6.07) is 4.12. The Morgan fingerprint density at radius 2 is 2.33 bits per heavy atom. The van der Waals surface area contributed by atoms with Crippen molar-refractivity contribution in [1.29, 1.82) is 0 Å². The highest BCUT2D eigenvalue weighted by atomic mass is 35.5. The summed E-state index contributed by atoms with van der Waals surface area (Å²) in [6.07, 6.45) is 2.25. The molecule has 0 spiro atoms. The number of carbonyl (C=O) groups excluding carboxylic acids is 1. The molecule has 1 aliphatic rings. The summed E-state index contributed by atoms with van der Waals surface area (Å²) in [5.41, 5.74) is 0.271. The Labute approximate surface area is 110 Å². The van der Waals surface area contributed by atoms with Gasteiger partial charge in [-0.2, -0.15) is 0 Å². The van der Waals surface area contributed by atoms with Crippen LogP contribution in [0.5, 0.6) is 5.75 Å². The van der Waals surface area contributed by atoms with Gasteiger partial charge < -0.3 is 10.1 Å². The maximum absolute atomic E-state index is 13.4. The van der Waals surface area contributed by atoms with Gasteiger partial charge >= 0.3 is 0 Å². The van der Waals surface area contributed by atoms with Crippen LogP contribution in [0.1, 0.15) is 23.2 Å². The van der Waals surface area contributed by atoms with E-state index in [1.54, 1.807) is 0 Å². The summed E-state index contributed by atoms with van der Waals surface area (Å²) in [6.45, 7) is 0.415. The first-order chi connectivity index (χ1) is 8.61. The van der Waals surface area contributed by atoms with Crippen LogP contribution >= 0.6 is 11.6 Å². The van der Waals surface area contributed by atoms with Crippen molar-refractivity contribution in [2.75, 3.05) is 13.7 Å². The van der Waals surface area contributed by atoms with Crippen LogP contribution in [0.2, 0.25) is 0 Å². The van der Waals surface area contributed by atoms with Crippen LogP contribution in [0, 0.1) is 11.7 Å². The standard InChI is InChI=1S/C13H15ClFNO2/c1-18-12-5-4-9(6-11(12)15)13(17)16-7-10(14)8-2-3-8/h4-6,8,10H,2-3,7H2,1H3,(H,16,17). The van der Waals surface area contributed by atoms with Crippen LogP contribution in [0.15, 0.2) is 18.2 Å². The van der Waals surface area contributed by atoms with Crippen LogP contribution in [0.4, 0.5) is 4.39 Å². The number of methoxy groups -OCH3 is 1. The number of carbonyl (C=O) groups is 1. The molecule has 1 unspecified atom stereocenters. The molecular weight excluding hydrogens is 257 g/mol. The predicted molar refractivity (Wildman–Crippen MR) is 67.7 cm³/mol. The second-order valence-electron chi connectivity index (χ2n) is 4.41. The molecule has 3 nitrogen and oxygen atoms in total. The molecule has 1 atom stereocenters. The summed E-state index contributed by atoms with van der Waals surface area (Å²) in [7, 11) is 1.38. The molecule has 18 heavy (non-hydrogen) atoms. The number of hydrogen-bond donors (Lipinski definition) is 1. The summed E-state index contributed by atoms with van der Waals surface area (Å²) in [5, 5.41) is 2.68. The molecule has 0 saturated heterocycles. The fourth-order valence-corrected chi connectivity index (χ4v) is 2.05. The Bertz CT molecular complexity index is 449. The number of rotatable bonds is 5. The van der Waals surface area contributed by atoms with E-state index in [1.165, 1.54) is 19.2 Å². The molecule has 1 N–H and O–H groups in total. The normalized spacial score (nSPS) is 16.2. The maximum atomic E-state index is 13.4. The monoisotopic (exact) mass is 271 g/mol. The SMILES string of the molecule is COc1ccc(C(=O)NCC(Cl)C2CC2)cc1F. The lowest BCUT2D eigenvalue weighted by atomic mass is 10.2. The second-order valence-corrected chi connectivity index (χ2v) is 4.97.